The van der Waals surface area contributed by atoms with Crippen molar-refractivity contribution in [1.29, 1.82) is 0 Å². The SMILES string of the molecule is Cc1c(-c2[nH]c3sc([C@H]4CC5C[C@H]4CN5)c(C)c3c2C(C)C)cn2ncnc2c1C. The van der Waals surface area contributed by atoms with Gasteiger partial charge >= 0.3 is 0 Å². The Morgan fingerprint density at radius 3 is 2.67 bits per heavy atom. The van der Waals surface area contributed by atoms with Gasteiger partial charge in [0.15, 0.2) is 5.65 Å². The Kier molecular flexibility index (Phi) is 3.97. The average molecular weight is 420 g/mol. The molecule has 0 aromatic carbocycles. The average Bonchev–Trinajstić information content (AvgIpc) is 3.50. The lowest BCUT2D eigenvalue weighted by Gasteiger charge is -2.22. The van der Waals surface area contributed by atoms with Crippen LogP contribution >= 0.6 is 11.3 Å². The third-order valence-electron chi connectivity index (χ3n) is 7.63. The van der Waals surface area contributed by atoms with Crippen molar-refractivity contribution < 1.29 is 0 Å². The van der Waals surface area contributed by atoms with Gasteiger partial charge in [0.1, 0.15) is 11.2 Å². The molecule has 4 aromatic heterocycles. The summed E-state index contributed by atoms with van der Waals surface area (Å²) in [5.74, 6) is 2.00. The van der Waals surface area contributed by atoms with Crippen molar-refractivity contribution >= 4 is 27.2 Å². The van der Waals surface area contributed by atoms with Gasteiger partial charge in [0.2, 0.25) is 0 Å². The number of piperidine rings is 1. The van der Waals surface area contributed by atoms with Crippen LogP contribution in [0.15, 0.2) is 12.5 Å². The van der Waals surface area contributed by atoms with Gasteiger partial charge in [-0.05, 0) is 80.2 Å². The standard InChI is InChI=1S/C24H29N5S/c1-11(2)19-20-14(5)22(17-7-16-6-15(17)8-25-16)30-24(20)28-21(19)18-9-29-23(26-10-27-29)13(4)12(18)3/h9-11,15-17,25,28H,6-8H2,1-5H3/t15-,16?,17-/m0/s1. The number of nitrogens with one attached hydrogen (secondary N) is 2. The summed E-state index contributed by atoms with van der Waals surface area (Å²) in [7, 11) is 0. The van der Waals surface area contributed by atoms with E-state index in [1.165, 1.54) is 63.1 Å². The molecule has 2 fully saturated rings. The highest BCUT2D eigenvalue weighted by molar-refractivity contribution is 7.19. The number of hydrogen-bond donors (Lipinski definition) is 2. The van der Waals surface area contributed by atoms with Crippen LogP contribution in [0.1, 0.15) is 65.7 Å². The normalized spacial score (nSPS) is 23.6. The van der Waals surface area contributed by atoms with Crippen LogP contribution in [0.2, 0.25) is 0 Å². The highest BCUT2D eigenvalue weighted by atomic mass is 32.1. The number of aromatic amines is 1. The van der Waals surface area contributed by atoms with E-state index in [1.54, 1.807) is 11.2 Å². The molecule has 2 aliphatic rings. The third kappa shape index (κ3) is 2.44. The van der Waals surface area contributed by atoms with Crippen molar-refractivity contribution in [3.8, 4) is 11.3 Å². The van der Waals surface area contributed by atoms with E-state index >= 15 is 0 Å². The van der Waals surface area contributed by atoms with Crippen molar-refractivity contribution in [2.45, 2.75) is 65.3 Å². The Labute approximate surface area is 180 Å². The number of thiophene rings is 1. The summed E-state index contributed by atoms with van der Waals surface area (Å²) in [6.45, 7) is 12.5. The zero-order valence-electron chi connectivity index (χ0n) is 18.3. The van der Waals surface area contributed by atoms with Crippen LogP contribution < -0.4 is 5.32 Å². The number of aromatic nitrogens is 4. The predicted molar refractivity (Wildman–Crippen MR) is 124 cm³/mol. The molecule has 1 unspecified atom stereocenters. The molecule has 6 heteroatoms. The smallest absolute Gasteiger partial charge is 0.158 e. The van der Waals surface area contributed by atoms with Gasteiger partial charge in [0, 0.05) is 28.1 Å². The number of hydrogen-bond acceptors (Lipinski definition) is 4. The molecule has 1 aliphatic heterocycles. The molecule has 1 saturated carbocycles. The van der Waals surface area contributed by atoms with E-state index in [1.807, 2.05) is 15.9 Å². The van der Waals surface area contributed by atoms with Gasteiger partial charge in [-0.2, -0.15) is 5.10 Å². The van der Waals surface area contributed by atoms with Gasteiger partial charge in [-0.1, -0.05) is 13.8 Å². The molecule has 156 valence electrons. The van der Waals surface area contributed by atoms with Gasteiger partial charge < -0.3 is 10.3 Å². The lowest BCUT2D eigenvalue weighted by atomic mass is 9.89. The summed E-state index contributed by atoms with van der Waals surface area (Å²) in [4.78, 5) is 11.3. The van der Waals surface area contributed by atoms with Crippen molar-refractivity contribution in [2.75, 3.05) is 6.54 Å². The van der Waals surface area contributed by atoms with Crippen LogP contribution in [0.3, 0.4) is 0 Å². The van der Waals surface area contributed by atoms with E-state index in [0.717, 1.165) is 23.5 Å². The van der Waals surface area contributed by atoms with E-state index < -0.39 is 0 Å². The molecule has 1 aliphatic carbocycles. The van der Waals surface area contributed by atoms with Crippen LogP contribution in [0.5, 0.6) is 0 Å². The Hall–Kier alpha value is -2.18. The monoisotopic (exact) mass is 419 g/mol. The number of H-pyrrole nitrogens is 1. The fourth-order valence-corrected chi connectivity index (χ4v) is 7.44. The Morgan fingerprint density at radius 2 is 1.97 bits per heavy atom. The predicted octanol–water partition coefficient (Wildman–Crippen LogP) is 5.45. The fraction of sp³-hybridized carbons (Fsp3) is 0.500. The van der Waals surface area contributed by atoms with Gasteiger partial charge in [-0.25, -0.2) is 9.50 Å². The first-order valence-electron chi connectivity index (χ1n) is 11.1. The lowest BCUT2D eigenvalue weighted by Crippen LogP contribution is -2.28. The highest BCUT2D eigenvalue weighted by Crippen LogP contribution is 2.50. The lowest BCUT2D eigenvalue weighted by molar-refractivity contribution is 0.445. The second-order valence-corrected chi connectivity index (χ2v) is 10.7. The van der Waals surface area contributed by atoms with E-state index in [9.17, 15) is 0 Å². The van der Waals surface area contributed by atoms with Crippen molar-refractivity contribution in [3.63, 3.8) is 0 Å². The van der Waals surface area contributed by atoms with Gasteiger partial charge in [-0.15, -0.1) is 11.3 Å². The number of fused-ring (bicyclic) bond motifs is 4. The Balaban J connectivity index is 1.56. The van der Waals surface area contributed by atoms with E-state index in [4.69, 9.17) is 0 Å². The summed E-state index contributed by atoms with van der Waals surface area (Å²) in [5, 5.41) is 9.55. The van der Waals surface area contributed by atoms with Crippen molar-refractivity contribution in [3.05, 3.63) is 39.7 Å². The van der Waals surface area contributed by atoms with Crippen molar-refractivity contribution in [2.24, 2.45) is 5.92 Å². The minimum absolute atomic E-state index is 0.447. The first-order valence-corrected chi connectivity index (χ1v) is 11.9. The van der Waals surface area contributed by atoms with E-state index in [0.29, 0.717) is 5.92 Å². The number of nitrogens with zero attached hydrogens (tertiary/aromatic N) is 3. The molecule has 3 atom stereocenters. The quantitative estimate of drug-likeness (QED) is 0.464. The molecule has 6 rings (SSSR count). The molecule has 0 radical (unpaired) electrons. The van der Waals surface area contributed by atoms with E-state index in [2.05, 4.69) is 61.2 Å². The first-order chi connectivity index (χ1) is 14.4. The van der Waals surface area contributed by atoms with Crippen LogP contribution in [0.25, 0.3) is 27.1 Å². The summed E-state index contributed by atoms with van der Waals surface area (Å²) in [5.41, 5.74) is 8.88. The molecule has 30 heavy (non-hydrogen) atoms. The zero-order valence-corrected chi connectivity index (χ0v) is 19.2. The first kappa shape index (κ1) is 18.6. The molecular weight excluding hydrogens is 390 g/mol. The maximum Gasteiger partial charge on any atom is 0.158 e. The van der Waals surface area contributed by atoms with Crippen LogP contribution in [-0.4, -0.2) is 32.2 Å². The van der Waals surface area contributed by atoms with E-state index in [-0.39, 0.29) is 0 Å². The van der Waals surface area contributed by atoms with Gasteiger partial charge in [0.05, 0.1) is 5.69 Å². The molecule has 5 heterocycles. The minimum Gasteiger partial charge on any atom is -0.346 e. The van der Waals surface area contributed by atoms with Crippen LogP contribution in [0, 0.1) is 26.7 Å². The number of rotatable bonds is 3. The Morgan fingerprint density at radius 1 is 1.13 bits per heavy atom. The molecule has 0 amide bonds. The third-order valence-corrected chi connectivity index (χ3v) is 8.97. The van der Waals surface area contributed by atoms with Gasteiger partial charge in [-0.3, -0.25) is 0 Å². The Bertz CT molecular complexity index is 1290. The molecule has 4 aromatic rings. The minimum atomic E-state index is 0.447. The van der Waals surface area contributed by atoms with Gasteiger partial charge in [0.25, 0.3) is 0 Å². The number of pyridine rings is 1. The molecule has 5 nitrogen and oxygen atoms in total. The summed E-state index contributed by atoms with van der Waals surface area (Å²) >= 11 is 2.01. The largest absolute Gasteiger partial charge is 0.346 e. The van der Waals surface area contributed by atoms with Crippen molar-refractivity contribution in [1.82, 2.24) is 24.9 Å². The summed E-state index contributed by atoms with van der Waals surface area (Å²) in [6.07, 6.45) is 6.45. The van der Waals surface area contributed by atoms with Crippen LogP contribution in [-0.2, 0) is 0 Å². The molecule has 2 bridgehead atoms. The summed E-state index contributed by atoms with van der Waals surface area (Å²) in [6, 6.07) is 0.736. The van der Waals surface area contributed by atoms with Crippen LogP contribution in [0.4, 0.5) is 0 Å². The number of aryl methyl sites for hydroxylation is 2. The maximum absolute atomic E-state index is 4.43. The topological polar surface area (TPSA) is 58.0 Å². The zero-order chi connectivity index (χ0) is 20.7. The summed E-state index contributed by atoms with van der Waals surface area (Å²) < 4.78 is 1.91. The molecule has 2 N–H and O–H groups in total. The molecule has 1 saturated heterocycles. The second kappa shape index (κ2) is 6.41. The molecular formula is C24H29N5S. The fourth-order valence-electron chi connectivity index (χ4n) is 6.00. The highest BCUT2D eigenvalue weighted by Gasteiger charge is 2.42. The second-order valence-electron chi connectivity index (χ2n) is 9.63. The molecule has 0 spiro atoms. The maximum atomic E-state index is 4.43.